The van der Waals surface area contributed by atoms with Crippen LogP contribution in [0.5, 0.6) is 0 Å². The summed E-state index contributed by atoms with van der Waals surface area (Å²) in [5.74, 6) is 0. The van der Waals surface area contributed by atoms with Crippen molar-refractivity contribution in [1.29, 1.82) is 0 Å². The quantitative estimate of drug-likeness (QED) is 0.828. The van der Waals surface area contributed by atoms with Crippen LogP contribution < -0.4 is 0 Å². The summed E-state index contributed by atoms with van der Waals surface area (Å²) in [5, 5.41) is 0. The average molecular weight is 303 g/mol. The third-order valence-electron chi connectivity index (χ3n) is 3.44. The molecule has 4 heteroatoms. The molecule has 0 radical (unpaired) electrons. The predicted molar refractivity (Wildman–Crippen MR) is 74.0 cm³/mol. The van der Waals surface area contributed by atoms with E-state index in [2.05, 4.69) is 58.8 Å². The maximum atomic E-state index is 3.52. The highest BCUT2D eigenvalue weighted by atomic mass is 79.9. The van der Waals surface area contributed by atoms with Crippen LogP contribution >= 0.6 is 27.3 Å². The number of nitrogens with zero attached hydrogens (tertiary/aromatic N) is 2. The Kier molecular flexibility index (Phi) is 4.06. The number of hydrogen-bond donors (Lipinski definition) is 0. The minimum absolute atomic E-state index is 0.659. The molecule has 1 aromatic rings. The zero-order valence-electron chi connectivity index (χ0n) is 10.1. The van der Waals surface area contributed by atoms with E-state index in [0.29, 0.717) is 12.1 Å². The van der Waals surface area contributed by atoms with Crippen molar-refractivity contribution in [3.63, 3.8) is 0 Å². The maximum absolute atomic E-state index is 3.52. The summed E-state index contributed by atoms with van der Waals surface area (Å²) < 4.78 is 1.23. The normalized spacial score (nSPS) is 28.5. The molecule has 0 aliphatic carbocycles. The fourth-order valence-electron chi connectivity index (χ4n) is 2.30. The van der Waals surface area contributed by atoms with Crippen LogP contribution in [0.2, 0.25) is 0 Å². The first-order chi connectivity index (χ1) is 7.56. The minimum atomic E-state index is 0.659. The van der Waals surface area contributed by atoms with Crippen LogP contribution in [0.4, 0.5) is 0 Å². The average Bonchev–Trinajstić information content (AvgIpc) is 2.60. The molecule has 0 saturated carbocycles. The van der Waals surface area contributed by atoms with Crippen LogP contribution in [0.25, 0.3) is 0 Å². The smallest absolute Gasteiger partial charge is 0.0701 e. The van der Waals surface area contributed by atoms with Crippen LogP contribution in [-0.4, -0.2) is 42.0 Å². The Balaban J connectivity index is 1.96. The lowest BCUT2D eigenvalue weighted by molar-refractivity contribution is 0.0562. The zero-order chi connectivity index (χ0) is 11.7. The first-order valence-corrected chi connectivity index (χ1v) is 7.35. The van der Waals surface area contributed by atoms with Gasteiger partial charge in [0, 0.05) is 36.6 Å². The molecule has 0 N–H and O–H groups in total. The molecule has 90 valence electrons. The number of likely N-dealkylation sites (N-methyl/N-ethyl adjacent to an activating group) is 1. The first-order valence-electron chi connectivity index (χ1n) is 5.74. The second-order valence-electron chi connectivity index (χ2n) is 4.76. The van der Waals surface area contributed by atoms with Crippen molar-refractivity contribution in [3.05, 3.63) is 20.8 Å². The van der Waals surface area contributed by atoms with E-state index in [-0.39, 0.29) is 0 Å². The molecule has 0 spiro atoms. The fourth-order valence-corrected chi connectivity index (χ4v) is 3.83. The number of piperazine rings is 1. The van der Waals surface area contributed by atoms with Crippen molar-refractivity contribution in [2.45, 2.75) is 32.5 Å². The summed E-state index contributed by atoms with van der Waals surface area (Å²) in [6.07, 6.45) is 0. The molecule has 16 heavy (non-hydrogen) atoms. The SMILES string of the molecule is CC1CN(Cc2ccc(Br)s2)CC(C)N1C. The van der Waals surface area contributed by atoms with Gasteiger partial charge in [0.1, 0.15) is 0 Å². The Morgan fingerprint density at radius 1 is 1.31 bits per heavy atom. The molecular formula is C12H19BrN2S. The van der Waals surface area contributed by atoms with E-state index in [1.165, 1.54) is 21.8 Å². The lowest BCUT2D eigenvalue weighted by Crippen LogP contribution is -2.54. The summed E-state index contributed by atoms with van der Waals surface area (Å²) in [7, 11) is 2.23. The van der Waals surface area contributed by atoms with Gasteiger partial charge in [0.05, 0.1) is 3.79 Å². The number of halogens is 1. The Hall–Kier alpha value is 0.1000. The second-order valence-corrected chi connectivity index (χ2v) is 7.31. The molecule has 0 bridgehead atoms. The van der Waals surface area contributed by atoms with E-state index in [4.69, 9.17) is 0 Å². The van der Waals surface area contributed by atoms with E-state index in [1.54, 1.807) is 0 Å². The Labute approximate surface area is 110 Å². The molecule has 2 unspecified atom stereocenters. The molecule has 2 nitrogen and oxygen atoms in total. The molecule has 2 atom stereocenters. The summed E-state index contributed by atoms with van der Waals surface area (Å²) >= 11 is 5.37. The van der Waals surface area contributed by atoms with Crippen molar-refractivity contribution < 1.29 is 0 Å². The van der Waals surface area contributed by atoms with E-state index >= 15 is 0 Å². The van der Waals surface area contributed by atoms with Crippen molar-refractivity contribution in [2.24, 2.45) is 0 Å². The van der Waals surface area contributed by atoms with Crippen LogP contribution in [0, 0.1) is 0 Å². The van der Waals surface area contributed by atoms with Crippen molar-refractivity contribution in [1.82, 2.24) is 9.80 Å². The van der Waals surface area contributed by atoms with Crippen LogP contribution in [0.1, 0.15) is 18.7 Å². The van der Waals surface area contributed by atoms with E-state index in [1.807, 2.05) is 11.3 Å². The molecule has 2 heterocycles. The Morgan fingerprint density at radius 2 is 1.94 bits per heavy atom. The van der Waals surface area contributed by atoms with Gasteiger partial charge < -0.3 is 0 Å². The molecule has 1 aliphatic heterocycles. The number of rotatable bonds is 2. The largest absolute Gasteiger partial charge is 0.298 e. The summed E-state index contributed by atoms with van der Waals surface area (Å²) in [6.45, 7) is 8.07. The van der Waals surface area contributed by atoms with Gasteiger partial charge in [0.25, 0.3) is 0 Å². The van der Waals surface area contributed by atoms with Crippen molar-refractivity contribution in [2.75, 3.05) is 20.1 Å². The standard InChI is InChI=1S/C12H19BrN2S/c1-9-6-15(7-10(2)14(9)3)8-11-4-5-12(13)16-11/h4-5,9-10H,6-8H2,1-3H3. The highest BCUT2D eigenvalue weighted by molar-refractivity contribution is 9.11. The van der Waals surface area contributed by atoms with Crippen molar-refractivity contribution >= 4 is 27.3 Å². The highest BCUT2D eigenvalue weighted by Crippen LogP contribution is 2.24. The maximum Gasteiger partial charge on any atom is 0.0701 e. The van der Waals surface area contributed by atoms with E-state index in [0.717, 1.165) is 6.54 Å². The Bertz CT molecular complexity index is 341. The third-order valence-corrected chi connectivity index (χ3v) is 5.05. The second kappa shape index (κ2) is 5.17. The van der Waals surface area contributed by atoms with Gasteiger partial charge in [-0.25, -0.2) is 0 Å². The van der Waals surface area contributed by atoms with Crippen LogP contribution in [0.3, 0.4) is 0 Å². The summed E-state index contributed by atoms with van der Waals surface area (Å²) in [6, 6.07) is 5.69. The molecule has 1 fully saturated rings. The molecule has 1 aliphatic rings. The lowest BCUT2D eigenvalue weighted by Gasteiger charge is -2.42. The fraction of sp³-hybridized carbons (Fsp3) is 0.667. The zero-order valence-corrected chi connectivity index (χ0v) is 12.5. The van der Waals surface area contributed by atoms with Gasteiger partial charge in [-0.2, -0.15) is 0 Å². The number of thiophene rings is 1. The minimum Gasteiger partial charge on any atom is -0.298 e. The Morgan fingerprint density at radius 3 is 2.44 bits per heavy atom. The number of hydrogen-bond acceptors (Lipinski definition) is 3. The van der Waals surface area contributed by atoms with E-state index < -0.39 is 0 Å². The van der Waals surface area contributed by atoms with Crippen LogP contribution in [-0.2, 0) is 6.54 Å². The molecule has 0 amide bonds. The van der Waals surface area contributed by atoms with Gasteiger partial charge in [-0.1, -0.05) is 0 Å². The molecule has 0 aromatic carbocycles. The monoisotopic (exact) mass is 302 g/mol. The molecular weight excluding hydrogens is 284 g/mol. The highest BCUT2D eigenvalue weighted by Gasteiger charge is 2.26. The predicted octanol–water partition coefficient (Wildman–Crippen LogP) is 3.04. The summed E-state index contributed by atoms with van der Waals surface area (Å²) in [5.41, 5.74) is 0. The van der Waals surface area contributed by atoms with Gasteiger partial charge in [0.15, 0.2) is 0 Å². The van der Waals surface area contributed by atoms with Crippen molar-refractivity contribution in [3.8, 4) is 0 Å². The molecule has 2 rings (SSSR count). The first kappa shape index (κ1) is 12.6. The molecule has 1 saturated heterocycles. The summed E-state index contributed by atoms with van der Waals surface area (Å²) in [4.78, 5) is 6.49. The van der Waals surface area contributed by atoms with Crippen LogP contribution in [0.15, 0.2) is 15.9 Å². The lowest BCUT2D eigenvalue weighted by atomic mass is 10.1. The van der Waals surface area contributed by atoms with Gasteiger partial charge in [-0.05, 0) is 49.0 Å². The van der Waals surface area contributed by atoms with E-state index in [9.17, 15) is 0 Å². The molecule has 1 aromatic heterocycles. The van der Waals surface area contributed by atoms with Gasteiger partial charge in [-0.15, -0.1) is 11.3 Å². The van der Waals surface area contributed by atoms with Gasteiger partial charge in [-0.3, -0.25) is 9.80 Å². The third kappa shape index (κ3) is 2.86. The van der Waals surface area contributed by atoms with Gasteiger partial charge >= 0.3 is 0 Å². The van der Waals surface area contributed by atoms with Gasteiger partial charge in [0.2, 0.25) is 0 Å². The topological polar surface area (TPSA) is 6.48 Å².